The number of imidazole rings is 1. The molecule has 0 unspecified atom stereocenters. The maximum absolute atomic E-state index is 13.3. The Morgan fingerprint density at radius 2 is 1.86 bits per heavy atom. The van der Waals surface area contributed by atoms with E-state index in [0.717, 1.165) is 19.0 Å². The van der Waals surface area contributed by atoms with Gasteiger partial charge < -0.3 is 0 Å². The highest BCUT2D eigenvalue weighted by atomic mass is 35.5. The summed E-state index contributed by atoms with van der Waals surface area (Å²) in [5.41, 5.74) is 0.861. The number of hydrogen-bond donors (Lipinski definition) is 0. The molecule has 0 fully saturated rings. The van der Waals surface area contributed by atoms with Crippen LogP contribution in [0.4, 0.5) is 11.6 Å². The number of nitro groups is 1. The van der Waals surface area contributed by atoms with Crippen molar-refractivity contribution in [1.29, 1.82) is 0 Å². The monoisotopic (exact) mass is 413 g/mol. The summed E-state index contributed by atoms with van der Waals surface area (Å²) in [6.45, 7) is 5.73. The summed E-state index contributed by atoms with van der Waals surface area (Å²) in [6, 6.07) is 10.9. The van der Waals surface area contributed by atoms with Crippen LogP contribution >= 0.6 is 11.6 Å². The van der Waals surface area contributed by atoms with Crippen LogP contribution in [0.3, 0.4) is 0 Å². The molecule has 2 aromatic carbocycles. The van der Waals surface area contributed by atoms with E-state index >= 15 is 0 Å². The van der Waals surface area contributed by atoms with Gasteiger partial charge in [-0.25, -0.2) is 0 Å². The van der Waals surface area contributed by atoms with Gasteiger partial charge in [-0.3, -0.25) is 24.0 Å². The zero-order valence-corrected chi connectivity index (χ0v) is 17.3. The van der Waals surface area contributed by atoms with Crippen molar-refractivity contribution in [3.8, 4) is 5.69 Å². The van der Waals surface area contributed by atoms with E-state index in [2.05, 4.69) is 25.9 Å². The Morgan fingerprint density at radius 1 is 1.17 bits per heavy atom. The first-order valence-corrected chi connectivity index (χ1v) is 9.66. The van der Waals surface area contributed by atoms with Crippen LogP contribution in [-0.4, -0.2) is 40.4 Å². The average molecular weight is 414 g/mol. The molecule has 0 bridgehead atoms. The number of hydrogen-bond acceptors (Lipinski definition) is 4. The fourth-order valence-electron chi connectivity index (χ4n) is 3.21. The van der Waals surface area contributed by atoms with Gasteiger partial charge in [0.05, 0.1) is 47.5 Å². The first-order valence-electron chi connectivity index (χ1n) is 9.29. The minimum absolute atomic E-state index is 0.158. The molecule has 0 aliphatic carbocycles. The van der Waals surface area contributed by atoms with E-state index in [1.54, 1.807) is 42.7 Å². The third-order valence-electron chi connectivity index (χ3n) is 5.31. The molecule has 0 amide bonds. The van der Waals surface area contributed by atoms with Crippen molar-refractivity contribution < 1.29 is 9.72 Å². The lowest BCUT2D eigenvalue weighted by atomic mass is 10.0. The largest absolute Gasteiger partial charge is 0.313 e. The van der Waals surface area contributed by atoms with Gasteiger partial charge in [0.25, 0.3) is 5.69 Å². The zero-order valence-electron chi connectivity index (χ0n) is 16.5. The summed E-state index contributed by atoms with van der Waals surface area (Å²) in [5.74, 6) is 0.369. The van der Waals surface area contributed by atoms with Crippen molar-refractivity contribution in [2.45, 2.75) is 13.8 Å². The third-order valence-corrected chi connectivity index (χ3v) is 5.64. The zero-order chi connectivity index (χ0) is 21.2. The fraction of sp³-hybridized carbons (Fsp3) is 0.238. The van der Waals surface area contributed by atoms with Crippen LogP contribution in [-0.2, 0) is 0 Å². The Hall–Kier alpha value is -3.03. The molecule has 29 heavy (non-hydrogen) atoms. The van der Waals surface area contributed by atoms with E-state index in [1.807, 2.05) is 4.57 Å². The Balaban J connectivity index is 2.25. The number of aromatic nitrogens is 2. The molecular formula is C21H22ClN4O3+. The molecule has 1 heterocycles. The van der Waals surface area contributed by atoms with Crippen molar-refractivity contribution in [2.24, 2.45) is 0 Å². The van der Waals surface area contributed by atoms with Crippen LogP contribution in [0.5, 0.6) is 0 Å². The van der Waals surface area contributed by atoms with Crippen molar-refractivity contribution in [1.82, 2.24) is 14.0 Å². The molecule has 0 radical (unpaired) electrons. The number of carbonyl (C=O) groups is 1. The minimum atomic E-state index is -0.514. The number of benzene rings is 2. The Labute approximate surface area is 173 Å². The van der Waals surface area contributed by atoms with Crippen molar-refractivity contribution >= 4 is 29.0 Å². The number of non-ortho nitro benzene ring substituents is 1. The lowest BCUT2D eigenvalue weighted by molar-refractivity contribution is -0.384. The number of halogens is 1. The predicted molar refractivity (Wildman–Crippen MR) is 114 cm³/mol. The highest BCUT2D eigenvalue weighted by Crippen LogP contribution is 2.30. The van der Waals surface area contributed by atoms with Crippen molar-refractivity contribution in [3.63, 3.8) is 0 Å². The normalized spacial score (nSPS) is 11.4. The smallest absolute Gasteiger partial charge is 0.288 e. The summed E-state index contributed by atoms with van der Waals surface area (Å²) >= 11 is 6.22. The molecule has 0 spiro atoms. The quantitative estimate of drug-likeness (QED) is 0.244. The molecule has 0 N–H and O–H groups in total. The van der Waals surface area contributed by atoms with Gasteiger partial charge in [-0.05, 0) is 32.0 Å². The average Bonchev–Trinajstić information content (AvgIpc) is 3.23. The van der Waals surface area contributed by atoms with Gasteiger partial charge in [-0.1, -0.05) is 23.7 Å². The SMILES string of the molecule is CC[N+](C)(CC)c1nccn1-c1ccc([N+](=O)[O-])cc1C(=O)c1ccccc1Cl. The highest BCUT2D eigenvalue weighted by Gasteiger charge is 2.29. The van der Waals surface area contributed by atoms with Gasteiger partial charge in [0.15, 0.2) is 5.78 Å². The Bertz CT molecular complexity index is 1070. The number of quaternary nitrogens is 1. The van der Waals surface area contributed by atoms with Crippen LogP contribution in [0.2, 0.25) is 5.02 Å². The van der Waals surface area contributed by atoms with Gasteiger partial charge in [0, 0.05) is 23.9 Å². The van der Waals surface area contributed by atoms with Gasteiger partial charge >= 0.3 is 5.95 Å². The number of nitro benzene ring substituents is 1. The lowest BCUT2D eigenvalue weighted by Crippen LogP contribution is -2.46. The highest BCUT2D eigenvalue weighted by molar-refractivity contribution is 6.35. The third kappa shape index (κ3) is 3.79. The fourth-order valence-corrected chi connectivity index (χ4v) is 3.43. The molecule has 0 saturated heterocycles. The molecule has 3 rings (SSSR count). The maximum atomic E-state index is 13.3. The summed E-state index contributed by atoms with van der Waals surface area (Å²) in [4.78, 5) is 28.7. The van der Waals surface area contributed by atoms with Gasteiger partial charge in [0.1, 0.15) is 0 Å². The van der Waals surface area contributed by atoms with E-state index in [9.17, 15) is 14.9 Å². The van der Waals surface area contributed by atoms with Crippen molar-refractivity contribution in [3.05, 3.63) is 81.1 Å². The first-order chi connectivity index (χ1) is 13.8. The molecule has 0 atom stereocenters. The van der Waals surface area contributed by atoms with Gasteiger partial charge in [-0.2, -0.15) is 4.98 Å². The molecule has 8 heteroatoms. The van der Waals surface area contributed by atoms with E-state index in [4.69, 9.17) is 11.6 Å². The number of carbonyl (C=O) groups excluding carboxylic acids is 1. The minimum Gasteiger partial charge on any atom is -0.288 e. The molecular weight excluding hydrogens is 392 g/mol. The van der Waals surface area contributed by atoms with Crippen LogP contribution in [0.1, 0.15) is 29.8 Å². The topological polar surface area (TPSA) is 78.0 Å². The summed E-state index contributed by atoms with van der Waals surface area (Å²) in [5, 5.41) is 11.6. The summed E-state index contributed by atoms with van der Waals surface area (Å²) in [6.07, 6.45) is 3.43. The van der Waals surface area contributed by atoms with E-state index in [0.29, 0.717) is 20.8 Å². The van der Waals surface area contributed by atoms with Crippen molar-refractivity contribution in [2.75, 3.05) is 20.1 Å². The summed E-state index contributed by atoms with van der Waals surface area (Å²) in [7, 11) is 2.06. The molecule has 3 aromatic rings. The number of ketones is 1. The van der Waals surface area contributed by atoms with E-state index in [-0.39, 0.29) is 17.0 Å². The molecule has 0 aliphatic heterocycles. The van der Waals surface area contributed by atoms with Crippen LogP contribution in [0, 0.1) is 10.1 Å². The number of rotatable bonds is 7. The first kappa shape index (κ1) is 20.7. The standard InChI is InChI=1S/C21H22ClN4O3/c1-4-26(3,5-2)21-23-12-13-24(21)19-11-10-15(25(28)29)14-17(19)20(27)16-8-6-7-9-18(16)22/h6-14H,4-5H2,1-3H3/q+1. The Kier molecular flexibility index (Phi) is 5.81. The van der Waals surface area contributed by atoms with E-state index in [1.165, 1.54) is 12.1 Å². The molecule has 0 saturated carbocycles. The van der Waals surface area contributed by atoms with Crippen LogP contribution in [0.15, 0.2) is 54.9 Å². The molecule has 0 aliphatic rings. The van der Waals surface area contributed by atoms with Crippen LogP contribution < -0.4 is 4.48 Å². The lowest BCUT2D eigenvalue weighted by Gasteiger charge is -2.30. The summed E-state index contributed by atoms with van der Waals surface area (Å²) < 4.78 is 2.37. The Morgan fingerprint density at radius 3 is 2.48 bits per heavy atom. The molecule has 7 nitrogen and oxygen atoms in total. The second kappa shape index (κ2) is 8.14. The predicted octanol–water partition coefficient (Wildman–Crippen LogP) is 4.64. The molecule has 150 valence electrons. The second-order valence-electron chi connectivity index (χ2n) is 6.89. The number of nitrogens with zero attached hydrogens (tertiary/aromatic N) is 4. The maximum Gasteiger partial charge on any atom is 0.313 e. The molecule has 1 aromatic heterocycles. The van der Waals surface area contributed by atoms with Gasteiger partial charge in [-0.15, -0.1) is 0 Å². The van der Waals surface area contributed by atoms with E-state index < -0.39 is 4.92 Å². The van der Waals surface area contributed by atoms with Crippen LogP contribution in [0.25, 0.3) is 5.69 Å². The van der Waals surface area contributed by atoms with Gasteiger partial charge in [0.2, 0.25) is 0 Å². The second-order valence-corrected chi connectivity index (χ2v) is 7.30.